The molecule has 0 nitrogen and oxygen atoms in total. The molecule has 0 rings (SSSR count). The molecule has 0 spiro atoms. The Morgan fingerprint density at radius 3 is 1.17 bits per heavy atom. The minimum Gasteiger partial charge on any atom is -0.746 e. The maximum atomic E-state index is 5.41. The van der Waals surface area contributed by atoms with Gasteiger partial charge in [-0.1, -0.05) is 67.2 Å². The van der Waals surface area contributed by atoms with Gasteiger partial charge in [0.2, 0.25) is 0 Å². The Kier molecular flexibility index (Phi) is 21.9. The van der Waals surface area contributed by atoms with Crippen molar-refractivity contribution in [1.82, 2.24) is 0 Å². The van der Waals surface area contributed by atoms with Crippen LogP contribution in [0.25, 0.3) is 0 Å². The molecule has 145 valence electrons. The Balaban J connectivity index is -0.000000333. The molecule has 0 aliphatic heterocycles. The fraction of sp³-hybridized carbons (Fsp3) is 1.00. The third-order valence-electron chi connectivity index (χ3n) is 2.99. The first-order chi connectivity index (χ1) is 9.95. The zero-order valence-corrected chi connectivity index (χ0v) is 21.6. The zero-order chi connectivity index (χ0) is 17.8. The molecule has 0 amide bonds. The fourth-order valence-electron chi connectivity index (χ4n) is 2.09. The van der Waals surface area contributed by atoms with Crippen molar-refractivity contribution >= 4 is 58.6 Å². The zero-order valence-electron chi connectivity index (χ0n) is 15.6. The Labute approximate surface area is 178 Å². The molecule has 0 saturated carbocycles. The molecule has 0 bridgehead atoms. The molecule has 0 saturated heterocycles. The minimum atomic E-state index is -1.35. The van der Waals surface area contributed by atoms with Gasteiger partial charge in [0.15, 0.2) is 0 Å². The summed E-state index contributed by atoms with van der Waals surface area (Å²) in [5.74, 6) is 1.38. The molecule has 0 aliphatic carbocycles. The van der Waals surface area contributed by atoms with E-state index in [4.69, 9.17) is 48.1 Å². The van der Waals surface area contributed by atoms with Crippen LogP contribution in [0.15, 0.2) is 0 Å². The van der Waals surface area contributed by atoms with Crippen molar-refractivity contribution in [2.45, 2.75) is 67.2 Å². The molecule has 23 heavy (non-hydrogen) atoms. The first-order valence-electron chi connectivity index (χ1n) is 8.54. The first kappa shape index (κ1) is 30.3. The quantitative estimate of drug-likeness (QED) is 0.192. The molecule has 2 atom stereocenters. The number of rotatable bonds is 10. The normalized spacial score (nSPS) is 16.1. The average Bonchev–Trinajstić information content (AvgIpc) is 2.32. The van der Waals surface area contributed by atoms with Crippen LogP contribution in [-0.2, 0) is 65.2 Å². The molecule has 0 aliphatic rings. The van der Waals surface area contributed by atoms with Gasteiger partial charge in [-0.2, -0.15) is 10.5 Å². The molecule has 0 aromatic rings. The molecule has 2 unspecified atom stereocenters. The summed E-state index contributed by atoms with van der Waals surface area (Å²) in [6.45, 7) is 13.2. The SMILES string of the molecule is CCCCP(=S)([S-])CC(C)C.CCCCP(=S)([S-])CC(C)C.[Cu+2]. The Bertz CT molecular complexity index is 326. The van der Waals surface area contributed by atoms with E-state index in [-0.39, 0.29) is 17.1 Å². The van der Waals surface area contributed by atoms with Gasteiger partial charge >= 0.3 is 17.1 Å². The molecule has 0 fully saturated rings. The van der Waals surface area contributed by atoms with Crippen molar-refractivity contribution in [2.75, 3.05) is 24.6 Å². The summed E-state index contributed by atoms with van der Waals surface area (Å²) in [4.78, 5) is 0. The largest absolute Gasteiger partial charge is 2.00 e. The van der Waals surface area contributed by atoms with Gasteiger partial charge in [-0.15, -0.1) is 23.6 Å². The molecule has 0 aromatic carbocycles. The van der Waals surface area contributed by atoms with Crippen molar-refractivity contribution in [3.05, 3.63) is 0 Å². The number of unbranched alkanes of at least 4 members (excludes halogenated alkanes) is 2. The van der Waals surface area contributed by atoms with Crippen molar-refractivity contribution < 1.29 is 17.1 Å². The third-order valence-corrected chi connectivity index (χ3v) is 11.5. The Morgan fingerprint density at radius 2 is 1.00 bits per heavy atom. The van der Waals surface area contributed by atoms with E-state index in [9.17, 15) is 0 Å². The Morgan fingerprint density at radius 1 is 0.739 bits per heavy atom. The van der Waals surface area contributed by atoms with E-state index in [1.807, 2.05) is 0 Å². The van der Waals surface area contributed by atoms with Crippen molar-refractivity contribution in [2.24, 2.45) is 11.8 Å². The second-order valence-corrected chi connectivity index (χ2v) is 21.6. The summed E-state index contributed by atoms with van der Waals surface area (Å²) >= 11 is 21.6. The summed E-state index contributed by atoms with van der Waals surface area (Å²) in [5.41, 5.74) is 0. The van der Waals surface area contributed by atoms with Crippen LogP contribution in [0.2, 0.25) is 0 Å². The molecule has 0 N–H and O–H groups in total. The van der Waals surface area contributed by atoms with E-state index in [0.29, 0.717) is 11.8 Å². The van der Waals surface area contributed by atoms with Gasteiger partial charge in [0, 0.05) is 0 Å². The number of hydrogen-bond donors (Lipinski definition) is 0. The van der Waals surface area contributed by atoms with Crippen LogP contribution >= 0.6 is 10.5 Å². The maximum absolute atomic E-state index is 5.41. The predicted molar refractivity (Wildman–Crippen MR) is 122 cm³/mol. The summed E-state index contributed by atoms with van der Waals surface area (Å²) in [6, 6.07) is 0. The average molecular weight is 482 g/mol. The summed E-state index contributed by atoms with van der Waals surface area (Å²) in [6.07, 6.45) is 9.40. The van der Waals surface area contributed by atoms with Crippen LogP contribution < -0.4 is 0 Å². The van der Waals surface area contributed by atoms with Crippen molar-refractivity contribution in [3.63, 3.8) is 0 Å². The third kappa shape index (κ3) is 24.5. The summed E-state index contributed by atoms with van der Waals surface area (Å²) in [7, 11) is 0. The molecule has 0 heterocycles. The predicted octanol–water partition coefficient (Wildman–Crippen LogP) is 6.77. The van der Waals surface area contributed by atoms with E-state index in [1.54, 1.807) is 0 Å². The van der Waals surface area contributed by atoms with Gasteiger partial charge in [-0.25, -0.2) is 0 Å². The minimum absolute atomic E-state index is 0. The second kappa shape index (κ2) is 16.7. The van der Waals surface area contributed by atoms with E-state index >= 15 is 0 Å². The summed E-state index contributed by atoms with van der Waals surface area (Å²) < 4.78 is 0. The van der Waals surface area contributed by atoms with Crippen LogP contribution in [0, 0.1) is 11.8 Å². The molecule has 1 radical (unpaired) electrons. The first-order valence-corrected chi connectivity index (χ1v) is 16.9. The second-order valence-electron chi connectivity index (χ2n) is 6.94. The van der Waals surface area contributed by atoms with Gasteiger partial charge in [0.25, 0.3) is 0 Å². The van der Waals surface area contributed by atoms with Crippen LogP contribution in [0.5, 0.6) is 0 Å². The van der Waals surface area contributed by atoms with Crippen molar-refractivity contribution in [3.8, 4) is 0 Å². The van der Waals surface area contributed by atoms with Gasteiger partial charge in [0.1, 0.15) is 0 Å². The molecular weight excluding hydrogens is 446 g/mol. The monoisotopic (exact) mass is 481 g/mol. The van der Waals surface area contributed by atoms with Crippen LogP contribution in [-0.4, -0.2) is 24.6 Å². The van der Waals surface area contributed by atoms with Crippen LogP contribution in [0.1, 0.15) is 67.2 Å². The van der Waals surface area contributed by atoms with Gasteiger partial charge < -0.3 is 24.5 Å². The smallest absolute Gasteiger partial charge is 0.746 e. The fourth-order valence-corrected chi connectivity index (χ4v) is 11.4. The molecular formula is C16H36CuP2S4. The van der Waals surface area contributed by atoms with Gasteiger partial charge in [-0.3, -0.25) is 0 Å². The van der Waals surface area contributed by atoms with E-state index in [2.05, 4.69) is 41.5 Å². The standard InChI is InChI=1S/2C8H19PS2.Cu/c2*1-4-5-6-9(10,11)7-8(2)3;/h2*8H,4-7H2,1-3H3,(H,10,11);/q;;+2/p-2. The van der Waals surface area contributed by atoms with Crippen molar-refractivity contribution in [1.29, 1.82) is 0 Å². The van der Waals surface area contributed by atoms with Gasteiger partial charge in [-0.05, 0) is 36.5 Å². The van der Waals surface area contributed by atoms with E-state index < -0.39 is 10.5 Å². The maximum Gasteiger partial charge on any atom is 2.00 e. The van der Waals surface area contributed by atoms with Crippen LogP contribution in [0.3, 0.4) is 0 Å². The Hall–Kier alpha value is 2.52. The van der Waals surface area contributed by atoms with E-state index in [0.717, 1.165) is 24.6 Å². The van der Waals surface area contributed by atoms with Gasteiger partial charge in [0.05, 0.1) is 0 Å². The molecule has 7 heteroatoms. The number of hydrogen-bond acceptors (Lipinski definition) is 4. The van der Waals surface area contributed by atoms with Crippen LogP contribution in [0.4, 0.5) is 0 Å². The topological polar surface area (TPSA) is 0 Å². The van der Waals surface area contributed by atoms with E-state index in [1.165, 1.54) is 25.7 Å². The molecule has 0 aromatic heterocycles. The summed E-state index contributed by atoms with van der Waals surface area (Å²) in [5, 5.41) is -2.70.